The molecule has 0 aromatic carbocycles. The van der Waals surface area contributed by atoms with Crippen LogP contribution in [-0.2, 0) is 9.47 Å². The van der Waals surface area contributed by atoms with Crippen LogP contribution in [0.1, 0.15) is 32.6 Å². The Kier molecular flexibility index (Phi) is 6.22. The number of ether oxygens (including phenoxy) is 2. The molecule has 1 aliphatic heterocycles. The molecule has 3 nitrogen and oxygen atoms in total. The van der Waals surface area contributed by atoms with Crippen LogP contribution in [0.4, 0.5) is 0 Å². The minimum absolute atomic E-state index is 0.376. The monoisotopic (exact) mass is 215 g/mol. The first-order chi connectivity index (χ1) is 7.27. The van der Waals surface area contributed by atoms with Gasteiger partial charge in [-0.3, -0.25) is 0 Å². The lowest BCUT2D eigenvalue weighted by molar-refractivity contribution is 0.0489. The minimum Gasteiger partial charge on any atom is -0.382 e. The molecule has 1 heterocycles. The smallest absolute Gasteiger partial charge is 0.0543 e. The molecule has 1 N–H and O–H groups in total. The van der Waals surface area contributed by atoms with Gasteiger partial charge >= 0.3 is 0 Å². The van der Waals surface area contributed by atoms with Crippen LogP contribution >= 0.6 is 0 Å². The summed E-state index contributed by atoms with van der Waals surface area (Å²) in [6, 6.07) is 0.631. The SMILES string of the molecule is CNC(CCC(C)OC)C1CCOCC1. The second kappa shape index (κ2) is 7.20. The van der Waals surface area contributed by atoms with Crippen molar-refractivity contribution in [1.82, 2.24) is 5.32 Å². The molecule has 0 spiro atoms. The maximum Gasteiger partial charge on any atom is 0.0543 e. The van der Waals surface area contributed by atoms with Crippen LogP contribution in [-0.4, -0.2) is 39.5 Å². The number of hydrogen-bond donors (Lipinski definition) is 1. The molecule has 0 aromatic heterocycles. The normalized spacial score (nSPS) is 22.6. The van der Waals surface area contributed by atoms with Crippen molar-refractivity contribution in [1.29, 1.82) is 0 Å². The van der Waals surface area contributed by atoms with E-state index in [0.717, 1.165) is 25.6 Å². The molecule has 0 amide bonds. The molecule has 0 saturated carbocycles. The third-order valence-electron chi connectivity index (χ3n) is 3.49. The Bertz CT molecular complexity index is 158. The first-order valence-electron chi connectivity index (χ1n) is 6.05. The largest absolute Gasteiger partial charge is 0.382 e. The van der Waals surface area contributed by atoms with Gasteiger partial charge in [0.15, 0.2) is 0 Å². The first kappa shape index (κ1) is 12.9. The summed E-state index contributed by atoms with van der Waals surface area (Å²) in [5, 5.41) is 3.44. The van der Waals surface area contributed by atoms with Crippen molar-refractivity contribution in [2.24, 2.45) is 5.92 Å². The fourth-order valence-corrected chi connectivity index (χ4v) is 2.27. The predicted molar refractivity (Wildman–Crippen MR) is 62.1 cm³/mol. The molecular formula is C12H25NO2. The van der Waals surface area contributed by atoms with E-state index in [1.807, 2.05) is 0 Å². The van der Waals surface area contributed by atoms with E-state index in [0.29, 0.717) is 12.1 Å². The molecule has 0 radical (unpaired) electrons. The predicted octanol–water partition coefficient (Wildman–Crippen LogP) is 1.82. The summed E-state index contributed by atoms with van der Waals surface area (Å²) in [7, 11) is 3.85. The standard InChI is InChI=1S/C12H25NO2/c1-10(14-3)4-5-12(13-2)11-6-8-15-9-7-11/h10-13H,4-9H2,1-3H3. The molecule has 1 saturated heterocycles. The molecule has 1 rings (SSSR count). The zero-order valence-corrected chi connectivity index (χ0v) is 10.3. The first-order valence-corrected chi connectivity index (χ1v) is 6.05. The van der Waals surface area contributed by atoms with Crippen molar-refractivity contribution in [2.45, 2.75) is 44.8 Å². The van der Waals surface area contributed by atoms with Crippen LogP contribution in [0, 0.1) is 5.92 Å². The van der Waals surface area contributed by atoms with Crippen LogP contribution in [0.2, 0.25) is 0 Å². The molecule has 90 valence electrons. The van der Waals surface area contributed by atoms with Gasteiger partial charge in [-0.05, 0) is 45.6 Å². The Balaban J connectivity index is 2.27. The van der Waals surface area contributed by atoms with Crippen molar-refractivity contribution >= 4 is 0 Å². The van der Waals surface area contributed by atoms with Gasteiger partial charge in [0.1, 0.15) is 0 Å². The molecule has 0 bridgehead atoms. The number of rotatable bonds is 6. The summed E-state index contributed by atoms with van der Waals surface area (Å²) in [4.78, 5) is 0. The summed E-state index contributed by atoms with van der Waals surface area (Å²) in [6.07, 6.45) is 5.12. The van der Waals surface area contributed by atoms with Gasteiger partial charge in [0.2, 0.25) is 0 Å². The van der Waals surface area contributed by atoms with E-state index < -0.39 is 0 Å². The Labute approximate surface area is 93.5 Å². The van der Waals surface area contributed by atoms with Gasteiger partial charge in [-0.25, -0.2) is 0 Å². The lowest BCUT2D eigenvalue weighted by Gasteiger charge is -2.30. The van der Waals surface area contributed by atoms with E-state index in [1.165, 1.54) is 19.3 Å². The maximum absolute atomic E-state index is 5.39. The van der Waals surface area contributed by atoms with Gasteiger partial charge in [0.05, 0.1) is 6.10 Å². The molecule has 3 heteroatoms. The average molecular weight is 215 g/mol. The van der Waals surface area contributed by atoms with E-state index in [1.54, 1.807) is 7.11 Å². The Morgan fingerprint density at radius 1 is 1.33 bits per heavy atom. The third kappa shape index (κ3) is 4.49. The van der Waals surface area contributed by atoms with Gasteiger partial charge in [-0.1, -0.05) is 0 Å². The fraction of sp³-hybridized carbons (Fsp3) is 1.00. The fourth-order valence-electron chi connectivity index (χ4n) is 2.27. The summed E-state index contributed by atoms with van der Waals surface area (Å²) in [5.74, 6) is 0.785. The van der Waals surface area contributed by atoms with Gasteiger partial charge in [0.25, 0.3) is 0 Å². The summed E-state index contributed by atoms with van der Waals surface area (Å²) in [6.45, 7) is 4.00. The second-order valence-corrected chi connectivity index (χ2v) is 4.47. The zero-order chi connectivity index (χ0) is 11.1. The van der Waals surface area contributed by atoms with Crippen molar-refractivity contribution < 1.29 is 9.47 Å². The zero-order valence-electron chi connectivity index (χ0n) is 10.3. The van der Waals surface area contributed by atoms with E-state index >= 15 is 0 Å². The summed E-state index contributed by atoms with van der Waals surface area (Å²) in [5.41, 5.74) is 0. The molecule has 1 fully saturated rings. The summed E-state index contributed by atoms with van der Waals surface area (Å²) < 4.78 is 10.7. The van der Waals surface area contributed by atoms with Crippen molar-refractivity contribution in [2.75, 3.05) is 27.4 Å². The molecular weight excluding hydrogens is 190 g/mol. The molecule has 0 aromatic rings. The molecule has 15 heavy (non-hydrogen) atoms. The number of nitrogens with one attached hydrogen (secondary N) is 1. The van der Waals surface area contributed by atoms with Gasteiger partial charge in [-0.15, -0.1) is 0 Å². The molecule has 1 aliphatic rings. The molecule has 0 aliphatic carbocycles. The second-order valence-electron chi connectivity index (χ2n) is 4.47. The van der Waals surface area contributed by atoms with Crippen LogP contribution in [0.3, 0.4) is 0 Å². The lowest BCUT2D eigenvalue weighted by Crippen LogP contribution is -2.37. The highest BCUT2D eigenvalue weighted by Crippen LogP contribution is 2.22. The number of hydrogen-bond acceptors (Lipinski definition) is 3. The van der Waals surface area contributed by atoms with E-state index in [-0.39, 0.29) is 0 Å². The van der Waals surface area contributed by atoms with Crippen molar-refractivity contribution in [3.05, 3.63) is 0 Å². The summed E-state index contributed by atoms with van der Waals surface area (Å²) >= 11 is 0. The van der Waals surface area contributed by atoms with E-state index in [9.17, 15) is 0 Å². The molecule has 2 unspecified atom stereocenters. The minimum atomic E-state index is 0.376. The quantitative estimate of drug-likeness (QED) is 0.733. The van der Waals surface area contributed by atoms with Crippen LogP contribution in [0.5, 0.6) is 0 Å². The van der Waals surface area contributed by atoms with Crippen LogP contribution < -0.4 is 5.32 Å². The van der Waals surface area contributed by atoms with Gasteiger partial charge in [0, 0.05) is 26.4 Å². The Morgan fingerprint density at radius 2 is 2.00 bits per heavy atom. The van der Waals surface area contributed by atoms with Gasteiger partial charge in [-0.2, -0.15) is 0 Å². The maximum atomic E-state index is 5.39. The highest BCUT2D eigenvalue weighted by molar-refractivity contribution is 4.78. The van der Waals surface area contributed by atoms with E-state index in [2.05, 4.69) is 19.3 Å². The average Bonchev–Trinajstić information content (AvgIpc) is 2.31. The highest BCUT2D eigenvalue weighted by Gasteiger charge is 2.22. The van der Waals surface area contributed by atoms with Gasteiger partial charge < -0.3 is 14.8 Å². The highest BCUT2D eigenvalue weighted by atomic mass is 16.5. The molecule has 2 atom stereocenters. The Hall–Kier alpha value is -0.120. The van der Waals surface area contributed by atoms with Crippen molar-refractivity contribution in [3.63, 3.8) is 0 Å². The Morgan fingerprint density at radius 3 is 2.53 bits per heavy atom. The lowest BCUT2D eigenvalue weighted by atomic mass is 9.88. The number of methoxy groups -OCH3 is 1. The third-order valence-corrected chi connectivity index (χ3v) is 3.49. The topological polar surface area (TPSA) is 30.5 Å². The van der Waals surface area contributed by atoms with Crippen LogP contribution in [0.15, 0.2) is 0 Å². The van der Waals surface area contributed by atoms with Crippen molar-refractivity contribution in [3.8, 4) is 0 Å². The van der Waals surface area contributed by atoms with Crippen LogP contribution in [0.25, 0.3) is 0 Å². The van der Waals surface area contributed by atoms with E-state index in [4.69, 9.17) is 9.47 Å².